The molecule has 0 radical (unpaired) electrons. The summed E-state index contributed by atoms with van der Waals surface area (Å²) in [6.07, 6.45) is 0. The molecule has 2 fully saturated rings. The Morgan fingerprint density at radius 2 is 1.82 bits per heavy atom. The Balaban J connectivity index is 1.34. The van der Waals surface area contributed by atoms with Gasteiger partial charge in [-0.25, -0.2) is 4.68 Å². The predicted octanol–water partition coefficient (Wildman–Crippen LogP) is 1.64. The second-order valence-corrected chi connectivity index (χ2v) is 10.6. The Morgan fingerprint density at radius 1 is 1.15 bits per heavy atom. The summed E-state index contributed by atoms with van der Waals surface area (Å²) >= 11 is 1.64. The van der Waals surface area contributed by atoms with Gasteiger partial charge in [0.2, 0.25) is 11.8 Å². The molecule has 3 aromatic rings. The zero-order chi connectivity index (χ0) is 23.2. The van der Waals surface area contributed by atoms with E-state index in [4.69, 9.17) is 5.73 Å². The van der Waals surface area contributed by atoms with E-state index in [1.54, 1.807) is 33.5 Å². The molecule has 5 rings (SSSR count). The topological polar surface area (TPSA) is 119 Å². The summed E-state index contributed by atoms with van der Waals surface area (Å²) in [5, 5.41) is 15.0. The Bertz CT molecular complexity index is 1170. The lowest BCUT2D eigenvalue weighted by atomic mass is 9.94. The standard InChI is InChI=1S/C23H25N7O2S/c1-23(2)18(19-26-27-28-29(19)13-14-9-5-3-6-10-14)30-21(32)17(22(30)33-23)25-20(31)16(24)15-11-7-4-8-12-15/h3-12,16-18,22H,13,24H2,1-2H3,(H,25,31)/t16?,17?,18?,22-/m0/s1. The number of carbonyl (C=O) groups excluding carboxylic acids is 2. The van der Waals surface area contributed by atoms with E-state index in [9.17, 15) is 9.59 Å². The van der Waals surface area contributed by atoms with Crippen molar-refractivity contribution in [2.75, 3.05) is 0 Å². The first-order valence-corrected chi connectivity index (χ1v) is 11.7. The zero-order valence-corrected chi connectivity index (χ0v) is 19.1. The van der Waals surface area contributed by atoms with Crippen molar-refractivity contribution in [3.8, 4) is 0 Å². The SMILES string of the molecule is CC1(C)S[C@H]2C(NC(=O)C(N)c3ccccc3)C(=O)N2C1c1nnnn1Cc1ccccc1. The lowest BCUT2D eigenvalue weighted by Gasteiger charge is -2.44. The van der Waals surface area contributed by atoms with Crippen LogP contribution in [0, 0.1) is 0 Å². The Labute approximate surface area is 195 Å². The molecule has 0 aliphatic carbocycles. The van der Waals surface area contributed by atoms with Crippen LogP contribution in [-0.4, -0.2) is 53.1 Å². The Morgan fingerprint density at radius 3 is 2.52 bits per heavy atom. The molecule has 4 atom stereocenters. The third-order valence-corrected chi connectivity index (χ3v) is 7.73. The molecule has 10 heteroatoms. The van der Waals surface area contributed by atoms with Gasteiger partial charge in [-0.1, -0.05) is 60.7 Å². The second kappa shape index (κ2) is 8.27. The summed E-state index contributed by atoms with van der Waals surface area (Å²) < 4.78 is 1.40. The summed E-state index contributed by atoms with van der Waals surface area (Å²) in [4.78, 5) is 27.7. The van der Waals surface area contributed by atoms with Crippen molar-refractivity contribution in [3.05, 3.63) is 77.6 Å². The average molecular weight is 464 g/mol. The number of thioether (sulfide) groups is 1. The summed E-state index contributed by atoms with van der Waals surface area (Å²) in [5.74, 6) is 0.124. The average Bonchev–Trinajstić information content (AvgIpc) is 3.37. The van der Waals surface area contributed by atoms with Crippen LogP contribution < -0.4 is 11.1 Å². The lowest BCUT2D eigenvalue weighted by Crippen LogP contribution is -2.68. The maximum absolute atomic E-state index is 13.2. The number of nitrogens with two attached hydrogens (primary N) is 1. The van der Waals surface area contributed by atoms with E-state index >= 15 is 0 Å². The van der Waals surface area contributed by atoms with E-state index in [-0.39, 0.29) is 28.0 Å². The third kappa shape index (κ3) is 3.79. The van der Waals surface area contributed by atoms with Crippen LogP contribution in [0.1, 0.15) is 42.9 Å². The molecule has 33 heavy (non-hydrogen) atoms. The highest BCUT2D eigenvalue weighted by atomic mass is 32.2. The monoisotopic (exact) mass is 463 g/mol. The maximum Gasteiger partial charge on any atom is 0.249 e. The third-order valence-electron chi connectivity index (χ3n) is 6.16. The van der Waals surface area contributed by atoms with Crippen LogP contribution >= 0.6 is 11.8 Å². The molecule has 0 saturated carbocycles. The molecule has 2 amide bonds. The van der Waals surface area contributed by atoms with Crippen molar-refractivity contribution >= 4 is 23.6 Å². The molecule has 3 heterocycles. The highest BCUT2D eigenvalue weighted by Gasteiger charge is 2.63. The molecule has 2 saturated heterocycles. The highest BCUT2D eigenvalue weighted by Crippen LogP contribution is 2.56. The Kier molecular flexibility index (Phi) is 5.41. The number of aromatic nitrogens is 4. The van der Waals surface area contributed by atoms with Crippen molar-refractivity contribution in [3.63, 3.8) is 0 Å². The maximum atomic E-state index is 13.2. The van der Waals surface area contributed by atoms with E-state index in [0.717, 1.165) is 5.56 Å². The fourth-order valence-corrected chi connectivity index (χ4v) is 6.13. The quantitative estimate of drug-likeness (QED) is 0.534. The molecule has 0 spiro atoms. The summed E-state index contributed by atoms with van der Waals surface area (Å²) in [6, 6.07) is 17.3. The van der Waals surface area contributed by atoms with Gasteiger partial charge in [-0.2, -0.15) is 0 Å². The lowest BCUT2D eigenvalue weighted by molar-refractivity contribution is -0.152. The number of hydrogen-bond acceptors (Lipinski definition) is 7. The molecule has 3 unspecified atom stereocenters. The largest absolute Gasteiger partial charge is 0.340 e. The zero-order valence-electron chi connectivity index (χ0n) is 18.3. The number of carbonyl (C=O) groups is 2. The van der Waals surface area contributed by atoms with Crippen molar-refractivity contribution < 1.29 is 9.59 Å². The van der Waals surface area contributed by atoms with E-state index < -0.39 is 12.1 Å². The number of β-lactam (4-membered cyclic amide) rings is 1. The fraction of sp³-hybridized carbons (Fsp3) is 0.348. The summed E-state index contributed by atoms with van der Waals surface area (Å²) in [6.45, 7) is 4.66. The number of rotatable bonds is 6. The van der Waals surface area contributed by atoms with Crippen LogP contribution in [-0.2, 0) is 16.1 Å². The van der Waals surface area contributed by atoms with Crippen molar-refractivity contribution in [2.24, 2.45) is 5.73 Å². The fourth-order valence-electron chi connectivity index (χ4n) is 4.50. The number of hydrogen-bond donors (Lipinski definition) is 2. The number of nitrogens with one attached hydrogen (secondary N) is 1. The first-order chi connectivity index (χ1) is 15.9. The molecule has 2 aliphatic heterocycles. The van der Waals surface area contributed by atoms with Gasteiger partial charge in [-0.15, -0.1) is 16.9 Å². The number of amides is 2. The van der Waals surface area contributed by atoms with Gasteiger partial charge in [-0.05, 0) is 35.4 Å². The number of tetrazole rings is 1. The van der Waals surface area contributed by atoms with Crippen LogP contribution in [0.5, 0.6) is 0 Å². The molecular formula is C23H25N7O2S. The summed E-state index contributed by atoms with van der Waals surface area (Å²) in [7, 11) is 0. The van der Waals surface area contributed by atoms with Crippen molar-refractivity contribution in [1.82, 2.24) is 30.4 Å². The molecule has 2 aromatic carbocycles. The molecule has 2 aliphatic rings. The first-order valence-electron chi connectivity index (χ1n) is 10.8. The number of benzene rings is 2. The van der Waals surface area contributed by atoms with Crippen LogP contribution in [0.4, 0.5) is 0 Å². The molecule has 3 N–H and O–H groups in total. The van der Waals surface area contributed by atoms with Gasteiger partial charge in [0.15, 0.2) is 5.82 Å². The minimum absolute atomic E-state index is 0.147. The summed E-state index contributed by atoms with van der Waals surface area (Å²) in [5.41, 5.74) is 7.90. The van der Waals surface area contributed by atoms with Crippen LogP contribution in [0.3, 0.4) is 0 Å². The molecule has 9 nitrogen and oxygen atoms in total. The highest BCUT2D eigenvalue weighted by molar-refractivity contribution is 8.01. The molecule has 0 bridgehead atoms. The molecule has 170 valence electrons. The van der Waals surface area contributed by atoms with Gasteiger partial charge in [0.25, 0.3) is 0 Å². The Hall–Kier alpha value is -3.24. The van der Waals surface area contributed by atoms with Crippen LogP contribution in [0.15, 0.2) is 60.7 Å². The number of fused-ring (bicyclic) bond motifs is 1. The molecular weight excluding hydrogens is 438 g/mol. The van der Waals surface area contributed by atoms with Crippen molar-refractivity contribution in [2.45, 2.75) is 48.6 Å². The normalized spacial score (nSPS) is 24.2. The number of nitrogens with zero attached hydrogens (tertiary/aromatic N) is 5. The minimum atomic E-state index is -0.832. The van der Waals surface area contributed by atoms with E-state index in [2.05, 4.69) is 34.7 Å². The smallest absolute Gasteiger partial charge is 0.249 e. The van der Waals surface area contributed by atoms with Gasteiger partial charge in [-0.3, -0.25) is 9.59 Å². The second-order valence-electron chi connectivity index (χ2n) is 8.81. The van der Waals surface area contributed by atoms with Gasteiger partial charge in [0.1, 0.15) is 23.5 Å². The van der Waals surface area contributed by atoms with Crippen LogP contribution in [0.25, 0.3) is 0 Å². The van der Waals surface area contributed by atoms with Gasteiger partial charge in [0, 0.05) is 4.75 Å². The van der Waals surface area contributed by atoms with Gasteiger partial charge in [0.05, 0.1) is 6.54 Å². The van der Waals surface area contributed by atoms with Crippen LogP contribution in [0.2, 0.25) is 0 Å². The van der Waals surface area contributed by atoms with E-state index in [1.165, 1.54) is 0 Å². The predicted molar refractivity (Wildman–Crippen MR) is 124 cm³/mol. The minimum Gasteiger partial charge on any atom is -0.340 e. The van der Waals surface area contributed by atoms with Crippen molar-refractivity contribution in [1.29, 1.82) is 0 Å². The molecule has 1 aromatic heterocycles. The van der Waals surface area contributed by atoms with E-state index in [1.807, 2.05) is 48.5 Å². The van der Waals surface area contributed by atoms with Gasteiger partial charge < -0.3 is 16.0 Å². The van der Waals surface area contributed by atoms with E-state index in [0.29, 0.717) is 17.9 Å². The van der Waals surface area contributed by atoms with Gasteiger partial charge >= 0.3 is 0 Å². The first kappa shape index (κ1) is 21.6.